The molecule has 0 saturated heterocycles. The van der Waals surface area contributed by atoms with Crippen LogP contribution in [0.1, 0.15) is 40.7 Å². The molecule has 0 unspecified atom stereocenters. The predicted octanol–water partition coefficient (Wildman–Crippen LogP) is 4.36. The van der Waals surface area contributed by atoms with E-state index in [4.69, 9.17) is 0 Å². The molecule has 2 aromatic heterocycles. The van der Waals surface area contributed by atoms with Gasteiger partial charge in [-0.3, -0.25) is 4.79 Å². The average Bonchev–Trinajstić information content (AvgIpc) is 2.84. The third-order valence-corrected chi connectivity index (χ3v) is 4.47. The largest absolute Gasteiger partial charge is 0.506 e. The molecular weight excluding hydrogens is 282 g/mol. The summed E-state index contributed by atoms with van der Waals surface area (Å²) >= 11 is 1.25. The van der Waals surface area contributed by atoms with Crippen molar-refractivity contribution in [2.45, 2.75) is 19.8 Å². The summed E-state index contributed by atoms with van der Waals surface area (Å²) in [5.41, 5.74) is 1.53. The minimum absolute atomic E-state index is 0.0339. The number of carbonyl (C=O) groups excluding carboxylic acids is 1. The SMILES string of the molecule is CC(C)c1ccc2c(O)c(C(=O)c3ccccc3)sc2n1. The van der Waals surface area contributed by atoms with Crippen molar-refractivity contribution in [1.29, 1.82) is 0 Å². The fraction of sp³-hybridized carbons (Fsp3) is 0.176. The summed E-state index contributed by atoms with van der Waals surface area (Å²) in [5.74, 6) is 0.181. The number of aromatic hydroxyl groups is 1. The van der Waals surface area contributed by atoms with Crippen LogP contribution >= 0.6 is 11.3 Å². The summed E-state index contributed by atoms with van der Waals surface area (Å²) in [7, 11) is 0. The number of ketones is 1. The topological polar surface area (TPSA) is 50.2 Å². The van der Waals surface area contributed by atoms with Gasteiger partial charge >= 0.3 is 0 Å². The summed E-state index contributed by atoms with van der Waals surface area (Å²) in [6, 6.07) is 12.7. The van der Waals surface area contributed by atoms with Crippen molar-refractivity contribution in [1.82, 2.24) is 4.98 Å². The first-order chi connectivity index (χ1) is 10.1. The van der Waals surface area contributed by atoms with Crippen molar-refractivity contribution in [2.75, 3.05) is 0 Å². The van der Waals surface area contributed by atoms with Crippen molar-refractivity contribution in [3.63, 3.8) is 0 Å². The fourth-order valence-corrected chi connectivity index (χ4v) is 3.21. The standard InChI is InChI=1S/C17H15NO2S/c1-10(2)13-9-8-12-15(20)16(21-17(12)18-13)14(19)11-6-4-3-5-7-11/h3-10,20H,1-2H3. The van der Waals surface area contributed by atoms with Crippen molar-refractivity contribution in [2.24, 2.45) is 0 Å². The van der Waals surface area contributed by atoms with Crippen LogP contribution in [-0.4, -0.2) is 15.9 Å². The molecule has 1 N–H and O–H groups in total. The number of pyridine rings is 1. The summed E-state index contributed by atoms with van der Waals surface area (Å²) < 4.78 is 0. The Kier molecular flexibility index (Phi) is 3.47. The van der Waals surface area contributed by atoms with Gasteiger partial charge in [-0.2, -0.15) is 0 Å². The lowest BCUT2D eigenvalue weighted by atomic mass is 10.1. The van der Waals surface area contributed by atoms with E-state index in [9.17, 15) is 9.90 Å². The van der Waals surface area contributed by atoms with Crippen LogP contribution in [0.3, 0.4) is 0 Å². The highest BCUT2D eigenvalue weighted by Crippen LogP contribution is 2.37. The number of nitrogens with zero attached hydrogens (tertiary/aromatic N) is 1. The highest BCUT2D eigenvalue weighted by molar-refractivity contribution is 7.21. The van der Waals surface area contributed by atoms with Crippen LogP contribution in [-0.2, 0) is 0 Å². The predicted molar refractivity (Wildman–Crippen MR) is 85.2 cm³/mol. The van der Waals surface area contributed by atoms with Crippen molar-refractivity contribution in [3.05, 3.63) is 58.6 Å². The Hall–Kier alpha value is -2.20. The Morgan fingerprint density at radius 1 is 1.14 bits per heavy atom. The van der Waals surface area contributed by atoms with Gasteiger partial charge in [0.2, 0.25) is 5.78 Å². The molecule has 3 rings (SSSR count). The molecule has 106 valence electrons. The highest BCUT2D eigenvalue weighted by atomic mass is 32.1. The smallest absolute Gasteiger partial charge is 0.206 e. The minimum Gasteiger partial charge on any atom is -0.506 e. The van der Waals surface area contributed by atoms with Crippen LogP contribution < -0.4 is 0 Å². The summed E-state index contributed by atoms with van der Waals surface area (Å²) in [5, 5.41) is 10.9. The zero-order chi connectivity index (χ0) is 15.0. The maximum atomic E-state index is 12.5. The molecule has 0 amide bonds. The molecule has 0 bridgehead atoms. The van der Waals surface area contributed by atoms with E-state index in [0.717, 1.165) is 5.69 Å². The zero-order valence-electron chi connectivity index (χ0n) is 11.8. The van der Waals surface area contributed by atoms with E-state index in [-0.39, 0.29) is 11.5 Å². The third-order valence-electron chi connectivity index (χ3n) is 3.38. The zero-order valence-corrected chi connectivity index (χ0v) is 12.6. The van der Waals surface area contributed by atoms with Gasteiger partial charge in [0.1, 0.15) is 15.5 Å². The molecule has 0 aliphatic carbocycles. The van der Waals surface area contributed by atoms with E-state index in [1.807, 2.05) is 30.3 Å². The lowest BCUT2D eigenvalue weighted by Gasteiger charge is -2.02. The van der Waals surface area contributed by atoms with Crippen LogP contribution in [0.5, 0.6) is 5.75 Å². The van der Waals surface area contributed by atoms with E-state index in [0.29, 0.717) is 26.6 Å². The van der Waals surface area contributed by atoms with Gasteiger partial charge in [-0.25, -0.2) is 4.98 Å². The average molecular weight is 297 g/mol. The molecule has 0 spiro atoms. The van der Waals surface area contributed by atoms with Crippen molar-refractivity contribution in [3.8, 4) is 5.75 Å². The van der Waals surface area contributed by atoms with Gasteiger partial charge in [0.25, 0.3) is 0 Å². The van der Waals surface area contributed by atoms with Crippen LogP contribution in [0, 0.1) is 0 Å². The maximum Gasteiger partial charge on any atom is 0.206 e. The third kappa shape index (κ3) is 2.43. The molecule has 2 heterocycles. The molecule has 0 atom stereocenters. The van der Waals surface area contributed by atoms with Gasteiger partial charge < -0.3 is 5.11 Å². The molecule has 0 aliphatic heterocycles. The van der Waals surface area contributed by atoms with Crippen LogP contribution in [0.2, 0.25) is 0 Å². The first-order valence-electron chi connectivity index (χ1n) is 6.80. The van der Waals surface area contributed by atoms with Gasteiger partial charge in [0, 0.05) is 11.3 Å². The summed E-state index contributed by atoms with van der Waals surface area (Å²) in [6.45, 7) is 4.13. The molecular formula is C17H15NO2S. The minimum atomic E-state index is -0.165. The maximum absolute atomic E-state index is 12.5. The van der Waals surface area contributed by atoms with Gasteiger partial charge in [-0.15, -0.1) is 11.3 Å². The van der Waals surface area contributed by atoms with E-state index in [2.05, 4.69) is 18.8 Å². The second-order valence-corrected chi connectivity index (χ2v) is 6.22. The number of fused-ring (bicyclic) bond motifs is 1. The van der Waals surface area contributed by atoms with Crippen LogP contribution in [0.15, 0.2) is 42.5 Å². The van der Waals surface area contributed by atoms with Gasteiger partial charge in [-0.1, -0.05) is 44.2 Å². The Morgan fingerprint density at radius 2 is 1.86 bits per heavy atom. The molecule has 3 nitrogen and oxygen atoms in total. The first-order valence-corrected chi connectivity index (χ1v) is 7.61. The molecule has 21 heavy (non-hydrogen) atoms. The number of hydrogen-bond donors (Lipinski definition) is 1. The number of rotatable bonds is 3. The second-order valence-electron chi connectivity index (χ2n) is 5.22. The normalized spacial score (nSPS) is 11.2. The molecule has 0 fully saturated rings. The van der Waals surface area contributed by atoms with Crippen LogP contribution in [0.25, 0.3) is 10.2 Å². The Bertz CT molecular complexity index is 806. The lowest BCUT2D eigenvalue weighted by Crippen LogP contribution is -1.97. The number of aromatic nitrogens is 1. The summed E-state index contributed by atoms with van der Waals surface area (Å²) in [6.07, 6.45) is 0. The molecule has 0 saturated carbocycles. The van der Waals surface area contributed by atoms with E-state index < -0.39 is 0 Å². The van der Waals surface area contributed by atoms with E-state index >= 15 is 0 Å². The first kappa shape index (κ1) is 13.8. The Morgan fingerprint density at radius 3 is 2.52 bits per heavy atom. The number of benzene rings is 1. The molecule has 3 aromatic rings. The molecule has 0 aliphatic rings. The van der Waals surface area contributed by atoms with Gasteiger partial charge in [-0.05, 0) is 18.1 Å². The van der Waals surface area contributed by atoms with Gasteiger partial charge in [0.15, 0.2) is 0 Å². The van der Waals surface area contributed by atoms with E-state index in [1.165, 1.54) is 11.3 Å². The fourth-order valence-electron chi connectivity index (χ4n) is 2.18. The Balaban J connectivity index is 2.11. The number of thiophene rings is 1. The van der Waals surface area contributed by atoms with Crippen molar-refractivity contribution >= 4 is 27.3 Å². The molecule has 0 radical (unpaired) electrons. The lowest BCUT2D eigenvalue weighted by molar-refractivity contribution is 0.104. The van der Waals surface area contributed by atoms with Crippen LogP contribution in [0.4, 0.5) is 0 Å². The quantitative estimate of drug-likeness (QED) is 0.731. The summed E-state index contributed by atoms with van der Waals surface area (Å²) in [4.78, 5) is 18.1. The highest BCUT2D eigenvalue weighted by Gasteiger charge is 2.20. The van der Waals surface area contributed by atoms with Crippen molar-refractivity contribution < 1.29 is 9.90 Å². The molecule has 1 aromatic carbocycles. The second kappa shape index (κ2) is 5.30. The van der Waals surface area contributed by atoms with E-state index in [1.54, 1.807) is 12.1 Å². The van der Waals surface area contributed by atoms with Gasteiger partial charge in [0.05, 0.1) is 5.39 Å². The number of hydrogen-bond acceptors (Lipinski definition) is 4. The Labute approximate surface area is 126 Å². The molecule has 4 heteroatoms. The monoisotopic (exact) mass is 297 g/mol. The number of carbonyl (C=O) groups is 1.